The van der Waals surface area contributed by atoms with Crippen LogP contribution in [0.15, 0.2) is 24.4 Å². The van der Waals surface area contributed by atoms with Gasteiger partial charge in [-0.2, -0.15) is 4.57 Å². The van der Waals surface area contributed by atoms with Crippen molar-refractivity contribution in [2.24, 2.45) is 0 Å². The van der Waals surface area contributed by atoms with Crippen LogP contribution >= 0.6 is 0 Å². The summed E-state index contributed by atoms with van der Waals surface area (Å²) >= 11 is 0. The minimum atomic E-state index is -0.166. The highest BCUT2D eigenvalue weighted by atomic mass is 16.2. The van der Waals surface area contributed by atoms with Gasteiger partial charge in [-0.15, -0.1) is 0 Å². The Kier molecular flexibility index (Phi) is 3.45. The van der Waals surface area contributed by atoms with Gasteiger partial charge in [0.2, 0.25) is 6.54 Å². The Morgan fingerprint density at radius 3 is 2.60 bits per heavy atom. The van der Waals surface area contributed by atoms with Gasteiger partial charge in [0.1, 0.15) is 0 Å². The fraction of sp³-hybridized carbons (Fsp3) is 0.500. The highest BCUT2D eigenvalue weighted by Crippen LogP contribution is 1.97. The van der Waals surface area contributed by atoms with Gasteiger partial charge in [0, 0.05) is 24.6 Å². The van der Waals surface area contributed by atoms with Gasteiger partial charge in [-0.1, -0.05) is 6.07 Å². The molecule has 1 amide bonds. The van der Waals surface area contributed by atoms with Gasteiger partial charge < -0.3 is 5.32 Å². The zero-order valence-corrected chi connectivity index (χ0v) is 9.87. The fourth-order valence-corrected chi connectivity index (χ4v) is 1.35. The monoisotopic (exact) mass is 207 g/mol. The second-order valence-electron chi connectivity index (χ2n) is 4.77. The molecule has 0 aliphatic carbocycles. The number of nitrogens with one attached hydrogen (secondary N) is 1. The van der Waals surface area contributed by atoms with Crippen molar-refractivity contribution in [3.63, 3.8) is 0 Å². The SMILES string of the molecule is Cc1cccc[n+]1CC(=O)NC(C)(C)C. The van der Waals surface area contributed by atoms with Gasteiger partial charge in [-0.3, -0.25) is 4.79 Å². The summed E-state index contributed by atoms with van der Waals surface area (Å²) in [5, 5.41) is 2.94. The molecule has 1 N–H and O–H groups in total. The smallest absolute Gasteiger partial charge is 0.286 e. The van der Waals surface area contributed by atoms with Gasteiger partial charge >= 0.3 is 0 Å². The number of nitrogens with zero attached hydrogens (tertiary/aromatic N) is 1. The summed E-state index contributed by atoms with van der Waals surface area (Å²) in [7, 11) is 0. The lowest BCUT2D eigenvalue weighted by Crippen LogP contribution is -2.49. The maximum Gasteiger partial charge on any atom is 0.286 e. The predicted octanol–water partition coefficient (Wildman–Crippen LogP) is 1.20. The highest BCUT2D eigenvalue weighted by Gasteiger charge is 2.17. The van der Waals surface area contributed by atoms with Crippen molar-refractivity contribution in [2.75, 3.05) is 0 Å². The number of rotatable bonds is 2. The maximum atomic E-state index is 11.6. The summed E-state index contributed by atoms with van der Waals surface area (Å²) in [5.74, 6) is 0.0433. The molecule has 82 valence electrons. The van der Waals surface area contributed by atoms with Gasteiger partial charge in [0.15, 0.2) is 11.9 Å². The Morgan fingerprint density at radius 2 is 2.07 bits per heavy atom. The molecule has 0 radical (unpaired) electrons. The van der Waals surface area contributed by atoms with Crippen LogP contribution in [0.2, 0.25) is 0 Å². The molecule has 3 nitrogen and oxygen atoms in total. The Bertz CT molecular complexity index is 353. The van der Waals surface area contributed by atoms with E-state index in [4.69, 9.17) is 0 Å². The lowest BCUT2D eigenvalue weighted by atomic mass is 10.1. The molecule has 0 aromatic carbocycles. The van der Waals surface area contributed by atoms with Gasteiger partial charge in [-0.05, 0) is 20.8 Å². The van der Waals surface area contributed by atoms with Crippen LogP contribution in [0.1, 0.15) is 26.5 Å². The quantitative estimate of drug-likeness (QED) is 0.726. The molecule has 0 atom stereocenters. The number of hydrogen-bond acceptors (Lipinski definition) is 1. The second kappa shape index (κ2) is 4.43. The van der Waals surface area contributed by atoms with Crippen molar-refractivity contribution in [3.05, 3.63) is 30.1 Å². The summed E-state index contributed by atoms with van der Waals surface area (Å²) in [4.78, 5) is 11.6. The van der Waals surface area contributed by atoms with Gasteiger partial charge in [0.05, 0.1) is 0 Å². The largest absolute Gasteiger partial charge is 0.346 e. The molecule has 0 saturated heterocycles. The van der Waals surface area contributed by atoms with Crippen LogP contribution < -0.4 is 9.88 Å². The first-order valence-corrected chi connectivity index (χ1v) is 5.14. The first kappa shape index (κ1) is 11.7. The first-order valence-electron chi connectivity index (χ1n) is 5.14. The van der Waals surface area contributed by atoms with Crippen LogP contribution in [0.4, 0.5) is 0 Å². The van der Waals surface area contributed by atoms with Crippen LogP contribution in [0, 0.1) is 6.92 Å². The summed E-state index contributed by atoms with van der Waals surface area (Å²) in [6.45, 7) is 8.31. The fourth-order valence-electron chi connectivity index (χ4n) is 1.35. The number of carbonyl (C=O) groups is 1. The van der Waals surface area contributed by atoms with Crippen LogP contribution in [-0.2, 0) is 11.3 Å². The molecule has 0 spiro atoms. The molecule has 1 aromatic rings. The molecular formula is C12H19N2O+. The van der Waals surface area contributed by atoms with E-state index < -0.39 is 0 Å². The van der Waals surface area contributed by atoms with E-state index in [0.717, 1.165) is 5.69 Å². The van der Waals surface area contributed by atoms with Crippen molar-refractivity contribution < 1.29 is 9.36 Å². The number of hydrogen-bond donors (Lipinski definition) is 1. The number of pyridine rings is 1. The third kappa shape index (κ3) is 4.11. The lowest BCUT2D eigenvalue weighted by molar-refractivity contribution is -0.690. The van der Waals surface area contributed by atoms with E-state index in [0.29, 0.717) is 6.54 Å². The van der Waals surface area contributed by atoms with Gasteiger partial charge in [0.25, 0.3) is 5.91 Å². The van der Waals surface area contributed by atoms with Crippen LogP contribution in [0.3, 0.4) is 0 Å². The molecule has 15 heavy (non-hydrogen) atoms. The summed E-state index contributed by atoms with van der Waals surface area (Å²) in [6, 6.07) is 5.88. The molecule has 0 aliphatic heterocycles. The Hall–Kier alpha value is -1.38. The van der Waals surface area contributed by atoms with Crippen molar-refractivity contribution in [3.8, 4) is 0 Å². The summed E-state index contributed by atoms with van der Waals surface area (Å²) < 4.78 is 1.93. The molecule has 1 aromatic heterocycles. The normalized spacial score (nSPS) is 11.2. The summed E-state index contributed by atoms with van der Waals surface area (Å²) in [6.07, 6.45) is 1.91. The van der Waals surface area contributed by atoms with E-state index in [9.17, 15) is 4.79 Å². The van der Waals surface area contributed by atoms with E-state index in [1.807, 2.05) is 56.7 Å². The van der Waals surface area contributed by atoms with Crippen LogP contribution in [-0.4, -0.2) is 11.4 Å². The zero-order valence-electron chi connectivity index (χ0n) is 9.87. The van der Waals surface area contributed by atoms with E-state index in [2.05, 4.69) is 5.32 Å². The molecule has 3 heteroatoms. The molecule has 0 saturated carbocycles. The third-order valence-electron chi connectivity index (χ3n) is 2.00. The Morgan fingerprint density at radius 1 is 1.40 bits per heavy atom. The number of aryl methyl sites for hydroxylation is 1. The first-order chi connectivity index (χ1) is 6.88. The van der Waals surface area contributed by atoms with Crippen LogP contribution in [0.5, 0.6) is 0 Å². The van der Waals surface area contributed by atoms with Gasteiger partial charge in [-0.25, -0.2) is 0 Å². The Labute approximate surface area is 91.1 Å². The number of amides is 1. The summed E-state index contributed by atoms with van der Waals surface area (Å²) in [5.41, 5.74) is 0.918. The maximum absolute atomic E-state index is 11.6. The minimum absolute atomic E-state index is 0.0433. The molecule has 1 heterocycles. The predicted molar refractivity (Wildman–Crippen MR) is 59.3 cm³/mol. The average Bonchev–Trinajstić information content (AvgIpc) is 2.05. The topological polar surface area (TPSA) is 33.0 Å². The van der Waals surface area contributed by atoms with Crippen molar-refractivity contribution in [1.29, 1.82) is 0 Å². The van der Waals surface area contributed by atoms with E-state index in [-0.39, 0.29) is 11.4 Å². The van der Waals surface area contributed by atoms with Crippen molar-refractivity contribution >= 4 is 5.91 Å². The minimum Gasteiger partial charge on any atom is -0.346 e. The molecule has 1 rings (SSSR count). The van der Waals surface area contributed by atoms with E-state index in [1.54, 1.807) is 0 Å². The number of carbonyl (C=O) groups excluding carboxylic acids is 1. The van der Waals surface area contributed by atoms with Crippen molar-refractivity contribution in [2.45, 2.75) is 39.8 Å². The Balaban J connectivity index is 2.64. The third-order valence-corrected chi connectivity index (χ3v) is 2.00. The molecule has 0 aliphatic rings. The molecule has 0 fully saturated rings. The highest BCUT2D eigenvalue weighted by molar-refractivity contribution is 5.75. The van der Waals surface area contributed by atoms with E-state index >= 15 is 0 Å². The molecule has 0 bridgehead atoms. The zero-order chi connectivity index (χ0) is 11.5. The van der Waals surface area contributed by atoms with Crippen molar-refractivity contribution in [1.82, 2.24) is 5.32 Å². The molecule has 0 unspecified atom stereocenters. The van der Waals surface area contributed by atoms with Crippen LogP contribution in [0.25, 0.3) is 0 Å². The molecular weight excluding hydrogens is 188 g/mol. The second-order valence-corrected chi connectivity index (χ2v) is 4.77. The standard InChI is InChI=1S/C12H18N2O/c1-10-7-5-6-8-14(10)9-11(15)13-12(2,3)4/h5-8H,9H2,1-4H3/p+1. The number of aromatic nitrogens is 1. The van der Waals surface area contributed by atoms with E-state index in [1.165, 1.54) is 0 Å². The lowest BCUT2D eigenvalue weighted by Gasteiger charge is -2.19. The average molecular weight is 207 g/mol.